The molecule has 1 aliphatic carbocycles. The number of nitrogens with zero attached hydrogens (tertiary/aromatic N) is 1. The van der Waals surface area contributed by atoms with Gasteiger partial charge >= 0.3 is 0 Å². The number of benzene rings is 1. The average Bonchev–Trinajstić information content (AvgIpc) is 2.98. The van der Waals surface area contributed by atoms with Crippen LogP contribution in [0.1, 0.15) is 31.2 Å². The first kappa shape index (κ1) is 18.2. The van der Waals surface area contributed by atoms with E-state index in [0.717, 1.165) is 31.2 Å². The third-order valence-corrected chi connectivity index (χ3v) is 5.67. The molecule has 0 atom stereocenters. The van der Waals surface area contributed by atoms with Crippen molar-refractivity contribution in [3.05, 3.63) is 34.9 Å². The molecular formula is C16H23ClN2O3S. The maximum absolute atomic E-state index is 11.9. The van der Waals surface area contributed by atoms with E-state index in [1.165, 1.54) is 10.6 Å². The van der Waals surface area contributed by atoms with Gasteiger partial charge in [0, 0.05) is 24.2 Å². The maximum Gasteiger partial charge on any atom is 0.224 e. The zero-order valence-corrected chi connectivity index (χ0v) is 14.9. The van der Waals surface area contributed by atoms with Gasteiger partial charge in [0.05, 0.1) is 12.7 Å². The second-order valence-corrected chi connectivity index (χ2v) is 8.34. The van der Waals surface area contributed by atoms with E-state index >= 15 is 0 Å². The van der Waals surface area contributed by atoms with Crippen molar-refractivity contribution >= 4 is 27.5 Å². The summed E-state index contributed by atoms with van der Waals surface area (Å²) in [5.41, 5.74) is 0.877. The summed E-state index contributed by atoms with van der Waals surface area (Å²) in [4.78, 5) is 11.9. The molecule has 23 heavy (non-hydrogen) atoms. The van der Waals surface area contributed by atoms with Crippen LogP contribution >= 0.6 is 11.6 Å². The monoisotopic (exact) mass is 358 g/mol. The minimum absolute atomic E-state index is 0.0816. The van der Waals surface area contributed by atoms with Gasteiger partial charge in [0.25, 0.3) is 0 Å². The number of halogens is 1. The van der Waals surface area contributed by atoms with E-state index in [0.29, 0.717) is 18.1 Å². The fourth-order valence-corrected chi connectivity index (χ4v) is 4.27. The number of sulfonamides is 1. The molecule has 1 saturated carbocycles. The summed E-state index contributed by atoms with van der Waals surface area (Å²) >= 11 is 5.81. The van der Waals surface area contributed by atoms with Crippen LogP contribution in [0.3, 0.4) is 0 Å². The van der Waals surface area contributed by atoms with Gasteiger partial charge in [0.2, 0.25) is 15.9 Å². The Balaban J connectivity index is 1.82. The summed E-state index contributed by atoms with van der Waals surface area (Å²) in [6.07, 6.45) is 5.46. The summed E-state index contributed by atoms with van der Waals surface area (Å²) in [5, 5.41) is 3.43. The number of rotatable bonds is 7. The topological polar surface area (TPSA) is 66.5 Å². The van der Waals surface area contributed by atoms with Crippen molar-refractivity contribution in [2.24, 2.45) is 0 Å². The molecular weight excluding hydrogens is 336 g/mol. The van der Waals surface area contributed by atoms with Gasteiger partial charge in [-0.1, -0.05) is 36.6 Å². The molecule has 0 bridgehead atoms. The van der Waals surface area contributed by atoms with Crippen LogP contribution in [0.5, 0.6) is 0 Å². The number of amides is 1. The number of carbonyl (C=O) groups excluding carboxylic acids is 1. The average molecular weight is 359 g/mol. The molecule has 1 aromatic carbocycles. The van der Waals surface area contributed by atoms with Gasteiger partial charge in [0.1, 0.15) is 0 Å². The van der Waals surface area contributed by atoms with E-state index in [-0.39, 0.29) is 18.4 Å². The van der Waals surface area contributed by atoms with Crippen LogP contribution in [-0.2, 0) is 21.2 Å². The predicted octanol–water partition coefficient (Wildman–Crippen LogP) is 2.20. The van der Waals surface area contributed by atoms with Crippen LogP contribution in [-0.4, -0.2) is 44.0 Å². The number of hydrogen-bond acceptors (Lipinski definition) is 3. The fourth-order valence-electron chi connectivity index (χ4n) is 2.97. The van der Waals surface area contributed by atoms with Crippen LogP contribution in [0.25, 0.3) is 0 Å². The fraction of sp³-hybridized carbons (Fsp3) is 0.562. The Labute approximate surface area is 143 Å². The highest BCUT2D eigenvalue weighted by atomic mass is 35.5. The molecule has 0 aromatic heterocycles. The highest BCUT2D eigenvalue weighted by Crippen LogP contribution is 2.24. The van der Waals surface area contributed by atoms with Crippen LogP contribution in [0.15, 0.2) is 24.3 Å². The van der Waals surface area contributed by atoms with E-state index < -0.39 is 10.0 Å². The van der Waals surface area contributed by atoms with Crippen molar-refractivity contribution < 1.29 is 13.2 Å². The molecule has 0 radical (unpaired) electrons. The lowest BCUT2D eigenvalue weighted by Crippen LogP contribution is -2.43. The van der Waals surface area contributed by atoms with Crippen molar-refractivity contribution in [3.8, 4) is 0 Å². The van der Waals surface area contributed by atoms with E-state index in [4.69, 9.17) is 11.6 Å². The highest BCUT2D eigenvalue weighted by molar-refractivity contribution is 7.88. The molecule has 0 aliphatic heterocycles. The third-order valence-electron chi connectivity index (χ3n) is 4.09. The molecule has 1 fully saturated rings. The lowest BCUT2D eigenvalue weighted by atomic mass is 10.1. The van der Waals surface area contributed by atoms with Gasteiger partial charge in [-0.3, -0.25) is 4.79 Å². The summed E-state index contributed by atoms with van der Waals surface area (Å²) in [6, 6.07) is 7.19. The molecule has 2 rings (SSSR count). The Morgan fingerprint density at radius 1 is 1.26 bits per heavy atom. The second-order valence-electron chi connectivity index (χ2n) is 5.97. The zero-order chi connectivity index (χ0) is 16.9. The van der Waals surface area contributed by atoms with Crippen LogP contribution < -0.4 is 5.32 Å². The van der Waals surface area contributed by atoms with Gasteiger partial charge in [-0.2, -0.15) is 4.31 Å². The number of hydrogen-bond donors (Lipinski definition) is 1. The maximum atomic E-state index is 11.9. The van der Waals surface area contributed by atoms with E-state index in [1.807, 2.05) is 12.1 Å². The van der Waals surface area contributed by atoms with Gasteiger partial charge in [-0.25, -0.2) is 8.42 Å². The molecule has 128 valence electrons. The van der Waals surface area contributed by atoms with Crippen molar-refractivity contribution in [3.63, 3.8) is 0 Å². The predicted molar refractivity (Wildman–Crippen MR) is 92.0 cm³/mol. The molecule has 0 spiro atoms. The van der Waals surface area contributed by atoms with Gasteiger partial charge in [-0.05, 0) is 30.5 Å². The minimum Gasteiger partial charge on any atom is -0.354 e. The third kappa shape index (κ3) is 5.79. The van der Waals surface area contributed by atoms with E-state index in [2.05, 4.69) is 5.32 Å². The van der Waals surface area contributed by atoms with Crippen LogP contribution in [0.4, 0.5) is 0 Å². The Bertz CT molecular complexity index is 625. The molecule has 0 unspecified atom stereocenters. The first-order valence-electron chi connectivity index (χ1n) is 7.84. The van der Waals surface area contributed by atoms with Crippen LogP contribution in [0, 0.1) is 0 Å². The first-order chi connectivity index (χ1) is 10.9. The summed E-state index contributed by atoms with van der Waals surface area (Å²) in [5.74, 6) is -0.118. The Kier molecular flexibility index (Phi) is 6.44. The normalized spacial score (nSPS) is 16.0. The van der Waals surface area contributed by atoms with Crippen molar-refractivity contribution in [1.82, 2.24) is 9.62 Å². The van der Waals surface area contributed by atoms with E-state index in [9.17, 15) is 13.2 Å². The van der Waals surface area contributed by atoms with Crippen molar-refractivity contribution in [2.75, 3.05) is 19.3 Å². The molecule has 5 nitrogen and oxygen atoms in total. The van der Waals surface area contributed by atoms with Crippen molar-refractivity contribution in [2.45, 2.75) is 38.1 Å². The summed E-state index contributed by atoms with van der Waals surface area (Å²) < 4.78 is 25.4. The van der Waals surface area contributed by atoms with Crippen molar-refractivity contribution in [1.29, 1.82) is 0 Å². The first-order valence-corrected chi connectivity index (χ1v) is 10.1. The van der Waals surface area contributed by atoms with E-state index in [1.54, 1.807) is 12.1 Å². The summed E-state index contributed by atoms with van der Waals surface area (Å²) in [7, 11) is -3.24. The smallest absolute Gasteiger partial charge is 0.224 e. The Morgan fingerprint density at radius 2 is 1.87 bits per heavy atom. The minimum atomic E-state index is -3.24. The van der Waals surface area contributed by atoms with Gasteiger partial charge in [-0.15, -0.1) is 0 Å². The highest BCUT2D eigenvalue weighted by Gasteiger charge is 2.28. The SMILES string of the molecule is CS(=O)(=O)N(CCNC(=O)Cc1ccc(Cl)cc1)C1CCCC1. The Hall–Kier alpha value is -1.11. The van der Waals surface area contributed by atoms with Gasteiger partial charge < -0.3 is 5.32 Å². The second kappa shape index (κ2) is 8.13. The quantitative estimate of drug-likeness (QED) is 0.812. The standard InChI is InChI=1S/C16H23ClN2O3S/c1-23(21,22)19(15-4-2-3-5-15)11-10-18-16(20)12-13-6-8-14(17)9-7-13/h6-9,15H,2-5,10-12H2,1H3,(H,18,20). The molecule has 1 aromatic rings. The Morgan fingerprint density at radius 3 is 2.43 bits per heavy atom. The number of carbonyl (C=O) groups is 1. The van der Waals surface area contributed by atoms with Gasteiger partial charge in [0.15, 0.2) is 0 Å². The molecule has 1 aliphatic rings. The van der Waals surface area contributed by atoms with Crippen LogP contribution in [0.2, 0.25) is 5.02 Å². The lowest BCUT2D eigenvalue weighted by molar-refractivity contribution is -0.120. The zero-order valence-electron chi connectivity index (χ0n) is 13.3. The molecule has 0 saturated heterocycles. The molecule has 7 heteroatoms. The number of nitrogens with one attached hydrogen (secondary N) is 1. The molecule has 0 heterocycles. The molecule has 1 N–H and O–H groups in total. The summed E-state index contributed by atoms with van der Waals surface area (Å²) in [6.45, 7) is 0.659. The lowest BCUT2D eigenvalue weighted by Gasteiger charge is -2.26. The largest absolute Gasteiger partial charge is 0.354 e. The molecule has 1 amide bonds.